The molecule has 21 heavy (non-hydrogen) atoms. The zero-order chi connectivity index (χ0) is 15.1. The third kappa shape index (κ3) is 5.14. The van der Waals surface area contributed by atoms with E-state index in [0.29, 0.717) is 19.5 Å². The van der Waals surface area contributed by atoms with Crippen molar-refractivity contribution in [2.45, 2.75) is 25.1 Å². The summed E-state index contributed by atoms with van der Waals surface area (Å²) in [7, 11) is 0. The molecule has 2 rings (SSSR count). The van der Waals surface area contributed by atoms with Crippen molar-refractivity contribution in [1.82, 2.24) is 5.32 Å². The summed E-state index contributed by atoms with van der Waals surface area (Å²) >= 11 is 6.08. The predicted molar refractivity (Wildman–Crippen MR) is 87.3 cm³/mol. The Morgan fingerprint density at radius 1 is 1.05 bits per heavy atom. The molecule has 1 unspecified atom stereocenters. The summed E-state index contributed by atoms with van der Waals surface area (Å²) in [5.74, 6) is 0. The molecule has 0 aliphatic carbocycles. The lowest BCUT2D eigenvalue weighted by atomic mass is 10.0. The normalized spacial score (nSPS) is 13.9. The van der Waals surface area contributed by atoms with Gasteiger partial charge in [-0.15, -0.1) is 0 Å². The van der Waals surface area contributed by atoms with Crippen LogP contribution in [0.25, 0.3) is 0 Å². The highest BCUT2D eigenvalue weighted by Gasteiger charge is 2.14. The molecule has 0 aromatic heterocycles. The number of aliphatic hydroxyl groups is 1. The molecule has 0 aliphatic rings. The molecule has 4 N–H and O–H groups in total. The monoisotopic (exact) mass is 304 g/mol. The number of nitrogens with two attached hydrogens (primary N) is 1. The third-order valence-electron chi connectivity index (χ3n) is 3.44. The first-order chi connectivity index (χ1) is 10.2. The van der Waals surface area contributed by atoms with Gasteiger partial charge in [-0.2, -0.15) is 0 Å². The summed E-state index contributed by atoms with van der Waals surface area (Å²) in [5, 5.41) is 14.0. The van der Waals surface area contributed by atoms with Gasteiger partial charge in [0.25, 0.3) is 0 Å². The Morgan fingerprint density at radius 3 is 2.43 bits per heavy atom. The van der Waals surface area contributed by atoms with Crippen LogP contribution in [0, 0.1) is 0 Å². The number of aliphatic hydroxyl groups excluding tert-OH is 1. The number of nitrogens with one attached hydrogen (secondary N) is 1. The predicted octanol–water partition coefficient (Wildman–Crippen LogP) is 2.36. The molecule has 3 nitrogen and oxygen atoms in total. The second-order valence-electron chi connectivity index (χ2n) is 5.14. The van der Waals surface area contributed by atoms with Crippen LogP contribution < -0.4 is 11.1 Å². The first-order valence-corrected chi connectivity index (χ1v) is 7.46. The summed E-state index contributed by atoms with van der Waals surface area (Å²) in [6.45, 7) is 1.06. The molecule has 4 heteroatoms. The number of benzene rings is 2. The number of halogens is 1. The summed E-state index contributed by atoms with van der Waals surface area (Å²) < 4.78 is 0. The van der Waals surface area contributed by atoms with Gasteiger partial charge in [-0.3, -0.25) is 0 Å². The summed E-state index contributed by atoms with van der Waals surface area (Å²) in [5.41, 5.74) is 8.19. The molecule has 2 atom stereocenters. The topological polar surface area (TPSA) is 58.3 Å². The van der Waals surface area contributed by atoms with E-state index in [1.54, 1.807) is 0 Å². The molecule has 112 valence electrons. The Hall–Kier alpha value is -1.39. The van der Waals surface area contributed by atoms with Gasteiger partial charge >= 0.3 is 0 Å². The maximum atomic E-state index is 10.1. The fraction of sp³-hybridized carbons (Fsp3) is 0.294. The molecule has 2 aromatic rings. The third-order valence-corrected chi connectivity index (χ3v) is 3.80. The van der Waals surface area contributed by atoms with Gasteiger partial charge in [0.15, 0.2) is 0 Å². The van der Waals surface area contributed by atoms with E-state index in [0.717, 1.165) is 16.1 Å². The van der Waals surface area contributed by atoms with Crippen molar-refractivity contribution in [2.24, 2.45) is 5.73 Å². The van der Waals surface area contributed by atoms with Crippen LogP contribution in [0.3, 0.4) is 0 Å². The molecule has 0 radical (unpaired) electrons. The number of hydrogen-bond donors (Lipinski definition) is 3. The van der Waals surface area contributed by atoms with Gasteiger partial charge < -0.3 is 16.2 Å². The zero-order valence-corrected chi connectivity index (χ0v) is 12.6. The average molecular weight is 305 g/mol. The van der Waals surface area contributed by atoms with E-state index in [1.807, 2.05) is 54.6 Å². The lowest BCUT2D eigenvalue weighted by Gasteiger charge is -2.19. The van der Waals surface area contributed by atoms with Gasteiger partial charge in [-0.25, -0.2) is 0 Å². The maximum absolute atomic E-state index is 10.1. The molecule has 0 aliphatic heterocycles. The summed E-state index contributed by atoms with van der Waals surface area (Å²) in [6.07, 6.45) is 0.0724. The Bertz CT molecular complexity index is 547. The molecular weight excluding hydrogens is 284 g/mol. The SMILES string of the molecule is NC(Cc1ccccc1)[C@@H](O)CNCc1ccccc1Cl. The van der Waals surface area contributed by atoms with E-state index in [4.69, 9.17) is 17.3 Å². The van der Waals surface area contributed by atoms with Crippen LogP contribution in [0.5, 0.6) is 0 Å². The van der Waals surface area contributed by atoms with E-state index in [2.05, 4.69) is 5.32 Å². The fourth-order valence-corrected chi connectivity index (χ4v) is 2.37. The van der Waals surface area contributed by atoms with Crippen LogP contribution in [-0.4, -0.2) is 23.8 Å². The lowest BCUT2D eigenvalue weighted by molar-refractivity contribution is 0.141. The second-order valence-corrected chi connectivity index (χ2v) is 5.55. The Kier molecular flexibility index (Phi) is 6.21. The highest BCUT2D eigenvalue weighted by molar-refractivity contribution is 6.31. The van der Waals surface area contributed by atoms with Gasteiger partial charge in [0, 0.05) is 24.2 Å². The van der Waals surface area contributed by atoms with E-state index < -0.39 is 6.10 Å². The Morgan fingerprint density at radius 2 is 1.71 bits per heavy atom. The first-order valence-electron chi connectivity index (χ1n) is 7.08. The van der Waals surface area contributed by atoms with Crippen molar-refractivity contribution in [3.63, 3.8) is 0 Å². The summed E-state index contributed by atoms with van der Waals surface area (Å²) in [6, 6.07) is 17.3. The maximum Gasteiger partial charge on any atom is 0.0818 e. The Labute approximate surface area is 130 Å². The molecule has 0 bridgehead atoms. The van der Waals surface area contributed by atoms with E-state index in [-0.39, 0.29) is 6.04 Å². The second kappa shape index (κ2) is 8.15. The van der Waals surface area contributed by atoms with E-state index in [9.17, 15) is 5.11 Å². The van der Waals surface area contributed by atoms with Crippen molar-refractivity contribution in [2.75, 3.05) is 6.54 Å². The van der Waals surface area contributed by atoms with Gasteiger partial charge in [0.05, 0.1) is 6.10 Å². The van der Waals surface area contributed by atoms with Gasteiger partial charge in [-0.1, -0.05) is 60.1 Å². The van der Waals surface area contributed by atoms with Crippen LogP contribution in [0.1, 0.15) is 11.1 Å². The van der Waals surface area contributed by atoms with Crippen molar-refractivity contribution in [3.05, 3.63) is 70.7 Å². The molecule has 0 fully saturated rings. The van der Waals surface area contributed by atoms with Crippen molar-refractivity contribution in [3.8, 4) is 0 Å². The first kappa shape index (κ1) is 16.0. The largest absolute Gasteiger partial charge is 0.390 e. The van der Waals surface area contributed by atoms with Crippen LogP contribution in [0.15, 0.2) is 54.6 Å². The molecule has 0 saturated carbocycles. The van der Waals surface area contributed by atoms with Crippen molar-refractivity contribution < 1.29 is 5.11 Å². The molecule has 0 amide bonds. The molecule has 0 heterocycles. The van der Waals surface area contributed by atoms with Gasteiger partial charge in [-0.05, 0) is 23.6 Å². The minimum absolute atomic E-state index is 0.286. The van der Waals surface area contributed by atoms with E-state index >= 15 is 0 Å². The van der Waals surface area contributed by atoms with Gasteiger partial charge in [0.2, 0.25) is 0 Å². The van der Waals surface area contributed by atoms with Crippen LogP contribution >= 0.6 is 11.6 Å². The smallest absolute Gasteiger partial charge is 0.0818 e. The van der Waals surface area contributed by atoms with Crippen molar-refractivity contribution in [1.29, 1.82) is 0 Å². The number of hydrogen-bond acceptors (Lipinski definition) is 3. The highest BCUT2D eigenvalue weighted by Crippen LogP contribution is 2.14. The lowest BCUT2D eigenvalue weighted by Crippen LogP contribution is -2.43. The summed E-state index contributed by atoms with van der Waals surface area (Å²) in [4.78, 5) is 0. The fourth-order valence-electron chi connectivity index (χ4n) is 2.17. The standard InChI is InChI=1S/C17H21ClN2O/c18-15-9-5-4-8-14(15)11-20-12-17(21)16(19)10-13-6-2-1-3-7-13/h1-9,16-17,20-21H,10-12,19H2/t16?,17-/m0/s1. The van der Waals surface area contributed by atoms with Crippen LogP contribution in [0.4, 0.5) is 0 Å². The molecule has 0 spiro atoms. The van der Waals surface area contributed by atoms with E-state index in [1.165, 1.54) is 0 Å². The van der Waals surface area contributed by atoms with Crippen molar-refractivity contribution >= 4 is 11.6 Å². The molecular formula is C17H21ClN2O. The Balaban J connectivity index is 1.76. The zero-order valence-electron chi connectivity index (χ0n) is 11.9. The molecule has 0 saturated heterocycles. The minimum atomic E-state index is -0.590. The average Bonchev–Trinajstić information content (AvgIpc) is 2.50. The quantitative estimate of drug-likeness (QED) is 0.736. The van der Waals surface area contributed by atoms with Crippen LogP contribution in [-0.2, 0) is 13.0 Å². The van der Waals surface area contributed by atoms with Gasteiger partial charge in [0.1, 0.15) is 0 Å². The number of rotatable bonds is 7. The highest BCUT2D eigenvalue weighted by atomic mass is 35.5. The van der Waals surface area contributed by atoms with Crippen LogP contribution in [0.2, 0.25) is 5.02 Å². The minimum Gasteiger partial charge on any atom is -0.390 e. The molecule has 2 aromatic carbocycles.